The van der Waals surface area contributed by atoms with Gasteiger partial charge in [0.25, 0.3) is 5.91 Å². The fraction of sp³-hybridized carbons (Fsp3) is 0.0909. The maximum absolute atomic E-state index is 12.2. The molecule has 1 N–H and O–H groups in total. The second-order valence-corrected chi connectivity index (χ2v) is 7.18. The normalized spacial score (nSPS) is 10.8. The van der Waals surface area contributed by atoms with Crippen molar-refractivity contribution in [2.45, 2.75) is 0 Å². The number of hydrogen-bond donors (Lipinski definition) is 1. The van der Waals surface area contributed by atoms with Gasteiger partial charge in [-0.25, -0.2) is 4.98 Å². The van der Waals surface area contributed by atoms with Crippen LogP contribution in [0.25, 0.3) is 22.6 Å². The van der Waals surface area contributed by atoms with Crippen molar-refractivity contribution >= 4 is 45.9 Å². The topological polar surface area (TPSA) is 73.6 Å². The van der Waals surface area contributed by atoms with Crippen molar-refractivity contribution in [1.82, 2.24) is 4.98 Å². The lowest BCUT2D eigenvalue weighted by atomic mass is 10.2. The van der Waals surface area contributed by atoms with E-state index < -0.39 is 0 Å². The minimum atomic E-state index is -0.299. The second-order valence-electron chi connectivity index (χ2n) is 6.34. The van der Waals surface area contributed by atoms with Crippen LogP contribution in [0.3, 0.4) is 0 Å². The van der Waals surface area contributed by atoms with Gasteiger partial charge in [-0.1, -0.05) is 23.2 Å². The van der Waals surface area contributed by atoms with E-state index in [1.54, 1.807) is 67.8 Å². The molecule has 8 heteroatoms. The zero-order valence-electron chi connectivity index (χ0n) is 15.8. The van der Waals surface area contributed by atoms with Crippen LogP contribution in [0.2, 0.25) is 10.0 Å². The van der Waals surface area contributed by atoms with Gasteiger partial charge < -0.3 is 19.2 Å². The fourth-order valence-electron chi connectivity index (χ4n) is 2.80. The summed E-state index contributed by atoms with van der Waals surface area (Å²) < 4.78 is 16.3. The Labute approximate surface area is 182 Å². The van der Waals surface area contributed by atoms with Crippen molar-refractivity contribution in [3.63, 3.8) is 0 Å². The first-order valence-corrected chi connectivity index (χ1v) is 9.70. The number of methoxy groups -OCH3 is 1. The number of aromatic nitrogens is 1. The first-order valence-electron chi connectivity index (χ1n) is 8.94. The van der Waals surface area contributed by atoms with Crippen LogP contribution in [0.4, 0.5) is 5.69 Å². The van der Waals surface area contributed by atoms with E-state index in [-0.39, 0.29) is 12.5 Å². The minimum Gasteiger partial charge on any atom is -0.497 e. The van der Waals surface area contributed by atoms with Gasteiger partial charge in [-0.05, 0) is 60.7 Å². The summed E-state index contributed by atoms with van der Waals surface area (Å²) in [5, 5.41) is 3.79. The Morgan fingerprint density at radius 3 is 2.57 bits per heavy atom. The number of carbonyl (C=O) groups excluding carboxylic acids is 1. The SMILES string of the molecule is COc1ccc(OCC(=O)Nc2ccc3oc(-c4cc(Cl)ccc4Cl)nc3c2)cc1. The van der Waals surface area contributed by atoms with Crippen LogP contribution in [0.15, 0.2) is 65.1 Å². The molecule has 152 valence electrons. The number of carbonyl (C=O) groups is 1. The number of oxazole rings is 1. The van der Waals surface area contributed by atoms with Crippen LogP contribution in [0.5, 0.6) is 11.5 Å². The summed E-state index contributed by atoms with van der Waals surface area (Å²) in [7, 11) is 1.58. The van der Waals surface area contributed by atoms with Gasteiger partial charge in [-0.3, -0.25) is 4.79 Å². The summed E-state index contributed by atoms with van der Waals surface area (Å²) in [4.78, 5) is 16.7. The predicted molar refractivity (Wildman–Crippen MR) is 117 cm³/mol. The number of nitrogens with zero attached hydrogens (tertiary/aromatic N) is 1. The molecule has 0 unspecified atom stereocenters. The molecule has 0 spiro atoms. The Balaban J connectivity index is 1.45. The zero-order chi connectivity index (χ0) is 21.1. The van der Waals surface area contributed by atoms with Crippen molar-refractivity contribution in [2.75, 3.05) is 19.0 Å². The van der Waals surface area contributed by atoms with Crippen molar-refractivity contribution in [3.05, 3.63) is 70.7 Å². The third kappa shape index (κ3) is 4.50. The average Bonchev–Trinajstić information content (AvgIpc) is 3.17. The van der Waals surface area contributed by atoms with Crippen molar-refractivity contribution in [1.29, 1.82) is 0 Å². The summed E-state index contributed by atoms with van der Waals surface area (Å²) in [5.41, 5.74) is 2.31. The van der Waals surface area contributed by atoms with Gasteiger partial charge in [0.15, 0.2) is 12.2 Å². The number of nitrogens with one attached hydrogen (secondary N) is 1. The van der Waals surface area contributed by atoms with E-state index in [0.717, 1.165) is 0 Å². The lowest BCUT2D eigenvalue weighted by Crippen LogP contribution is -2.20. The predicted octanol–water partition coefficient (Wildman–Crippen LogP) is 5.83. The van der Waals surface area contributed by atoms with Crippen molar-refractivity contribution in [2.24, 2.45) is 0 Å². The number of amides is 1. The molecule has 6 nitrogen and oxygen atoms in total. The molecule has 1 aromatic heterocycles. The quantitative estimate of drug-likeness (QED) is 0.406. The van der Waals surface area contributed by atoms with Crippen molar-refractivity contribution < 1.29 is 18.7 Å². The average molecular weight is 443 g/mol. The molecule has 0 aliphatic carbocycles. The summed E-state index contributed by atoms with van der Waals surface area (Å²) in [6.07, 6.45) is 0. The van der Waals surface area contributed by atoms with E-state index in [4.69, 9.17) is 37.1 Å². The highest BCUT2D eigenvalue weighted by molar-refractivity contribution is 6.35. The summed E-state index contributed by atoms with van der Waals surface area (Å²) in [5.74, 6) is 1.34. The van der Waals surface area contributed by atoms with Crippen LogP contribution >= 0.6 is 23.2 Å². The van der Waals surface area contributed by atoms with Crippen LogP contribution in [0.1, 0.15) is 0 Å². The third-order valence-electron chi connectivity index (χ3n) is 4.26. The van der Waals surface area contributed by atoms with E-state index >= 15 is 0 Å². The molecule has 1 heterocycles. The molecule has 0 saturated heterocycles. The highest BCUT2D eigenvalue weighted by atomic mass is 35.5. The number of rotatable bonds is 6. The van der Waals surface area contributed by atoms with Gasteiger partial charge in [0.05, 0.1) is 17.7 Å². The van der Waals surface area contributed by atoms with Gasteiger partial charge in [-0.15, -0.1) is 0 Å². The van der Waals surface area contributed by atoms with E-state index in [2.05, 4.69) is 10.3 Å². The number of halogens is 2. The molecule has 0 aliphatic rings. The number of anilines is 1. The Morgan fingerprint density at radius 1 is 1.03 bits per heavy atom. The number of benzene rings is 3. The molecule has 0 atom stereocenters. The van der Waals surface area contributed by atoms with Crippen LogP contribution < -0.4 is 14.8 Å². The largest absolute Gasteiger partial charge is 0.497 e. The van der Waals surface area contributed by atoms with Gasteiger partial charge in [0, 0.05) is 10.7 Å². The van der Waals surface area contributed by atoms with Crippen LogP contribution in [0, 0.1) is 0 Å². The molecule has 0 aliphatic heterocycles. The molecule has 0 saturated carbocycles. The standard InChI is InChI=1S/C22H16Cl2N2O4/c1-28-15-4-6-16(7-5-15)29-12-21(27)25-14-3-9-20-19(11-14)26-22(30-20)17-10-13(23)2-8-18(17)24/h2-11H,12H2,1H3,(H,25,27). The smallest absolute Gasteiger partial charge is 0.262 e. The molecular formula is C22H16Cl2N2O4. The Morgan fingerprint density at radius 2 is 1.80 bits per heavy atom. The molecule has 0 fully saturated rings. The maximum Gasteiger partial charge on any atom is 0.262 e. The maximum atomic E-state index is 12.2. The molecule has 4 rings (SSSR count). The van der Waals surface area contributed by atoms with Crippen LogP contribution in [-0.4, -0.2) is 24.6 Å². The zero-order valence-corrected chi connectivity index (χ0v) is 17.3. The molecule has 1 amide bonds. The van der Waals surface area contributed by atoms with Gasteiger partial charge in [-0.2, -0.15) is 0 Å². The van der Waals surface area contributed by atoms with E-state index in [1.807, 2.05) is 0 Å². The van der Waals surface area contributed by atoms with E-state index in [1.165, 1.54) is 0 Å². The summed E-state index contributed by atoms with van der Waals surface area (Å²) in [6, 6.07) is 17.2. The molecule has 30 heavy (non-hydrogen) atoms. The summed E-state index contributed by atoms with van der Waals surface area (Å²) in [6.45, 7) is -0.132. The fourth-order valence-corrected chi connectivity index (χ4v) is 3.17. The molecule has 0 radical (unpaired) electrons. The minimum absolute atomic E-state index is 0.132. The third-order valence-corrected chi connectivity index (χ3v) is 4.82. The number of hydrogen-bond acceptors (Lipinski definition) is 5. The first kappa shape index (κ1) is 20.1. The second kappa shape index (κ2) is 8.65. The molecule has 0 bridgehead atoms. The number of ether oxygens (including phenoxy) is 2. The molecule has 3 aromatic carbocycles. The lowest BCUT2D eigenvalue weighted by Gasteiger charge is -2.08. The molecular weight excluding hydrogens is 427 g/mol. The lowest BCUT2D eigenvalue weighted by molar-refractivity contribution is -0.118. The van der Waals surface area contributed by atoms with Crippen molar-refractivity contribution in [3.8, 4) is 23.0 Å². The van der Waals surface area contributed by atoms with E-state index in [9.17, 15) is 4.79 Å². The molecule has 4 aromatic rings. The van der Waals surface area contributed by atoms with Gasteiger partial charge in [0.1, 0.15) is 17.0 Å². The monoisotopic (exact) mass is 442 g/mol. The van der Waals surface area contributed by atoms with E-state index in [0.29, 0.717) is 49.8 Å². The van der Waals surface area contributed by atoms with Gasteiger partial charge in [0.2, 0.25) is 5.89 Å². The van der Waals surface area contributed by atoms with Crippen LogP contribution in [-0.2, 0) is 4.79 Å². The summed E-state index contributed by atoms with van der Waals surface area (Å²) >= 11 is 12.3. The Kier molecular flexibility index (Phi) is 5.79. The number of fused-ring (bicyclic) bond motifs is 1. The Bertz CT molecular complexity index is 1210. The van der Waals surface area contributed by atoms with Gasteiger partial charge >= 0.3 is 0 Å². The first-order chi connectivity index (χ1) is 14.5. The Hall–Kier alpha value is -3.22. The highest BCUT2D eigenvalue weighted by Crippen LogP contribution is 2.32. The highest BCUT2D eigenvalue weighted by Gasteiger charge is 2.13.